The van der Waals surface area contributed by atoms with Gasteiger partial charge in [-0.15, -0.1) is 0 Å². The molecule has 0 spiro atoms. The summed E-state index contributed by atoms with van der Waals surface area (Å²) in [6.45, 7) is 1.99. The molecule has 0 aromatic carbocycles. The summed E-state index contributed by atoms with van der Waals surface area (Å²) in [6.07, 6.45) is -8.93. The number of hydrogen-bond acceptors (Lipinski definition) is 4. The van der Waals surface area contributed by atoms with Crippen molar-refractivity contribution in [2.75, 3.05) is 0 Å². The maximum Gasteiger partial charge on any atom is 0.391 e. The molecular formula is C18H24F6N2O2S. The minimum Gasteiger partial charge on any atom is -0.386 e. The minimum atomic E-state index is -4.78. The molecule has 0 aromatic heterocycles. The first-order chi connectivity index (χ1) is 13.2. The van der Waals surface area contributed by atoms with Gasteiger partial charge < -0.3 is 5.32 Å². The Bertz CT molecular complexity index is 724. The van der Waals surface area contributed by atoms with Gasteiger partial charge in [-0.2, -0.15) is 31.6 Å². The van der Waals surface area contributed by atoms with Crippen LogP contribution in [-0.4, -0.2) is 32.1 Å². The van der Waals surface area contributed by atoms with Crippen molar-refractivity contribution in [2.45, 2.75) is 75.5 Å². The lowest BCUT2D eigenvalue weighted by molar-refractivity contribution is -0.225. The highest BCUT2D eigenvalue weighted by molar-refractivity contribution is 7.96. The lowest BCUT2D eigenvalue weighted by Gasteiger charge is -2.36. The monoisotopic (exact) mass is 446 g/mol. The zero-order chi connectivity index (χ0) is 22.0. The Hall–Kier alpha value is -1.44. The highest BCUT2D eigenvalue weighted by Crippen LogP contribution is 2.45. The summed E-state index contributed by atoms with van der Waals surface area (Å²) in [5, 5.41) is 10.8. The second-order valence-electron chi connectivity index (χ2n) is 8.10. The van der Waals surface area contributed by atoms with Gasteiger partial charge in [0.2, 0.25) is 0 Å². The number of allylic oxidation sites excluding steroid dienone is 1. The van der Waals surface area contributed by atoms with E-state index in [9.17, 15) is 40.0 Å². The van der Waals surface area contributed by atoms with Crippen LogP contribution in [0.4, 0.5) is 26.3 Å². The molecule has 166 valence electrons. The van der Waals surface area contributed by atoms with Crippen molar-refractivity contribution in [3.8, 4) is 6.07 Å². The summed E-state index contributed by atoms with van der Waals surface area (Å²) < 4.78 is 104. The Morgan fingerprint density at radius 2 is 1.45 bits per heavy atom. The molecule has 2 unspecified atom stereocenters. The summed E-state index contributed by atoms with van der Waals surface area (Å²) in [4.78, 5) is -0.644. The van der Waals surface area contributed by atoms with Crippen LogP contribution in [0.1, 0.15) is 51.9 Å². The number of nitriles is 1. The molecule has 2 atom stereocenters. The van der Waals surface area contributed by atoms with E-state index >= 15 is 0 Å². The second-order valence-corrected chi connectivity index (χ2v) is 10.3. The predicted octanol–water partition coefficient (Wildman–Crippen LogP) is 4.84. The molecule has 0 amide bonds. The van der Waals surface area contributed by atoms with Gasteiger partial charge >= 0.3 is 12.4 Å². The molecule has 2 fully saturated rings. The van der Waals surface area contributed by atoms with Gasteiger partial charge in [-0.3, -0.25) is 0 Å². The third-order valence-electron chi connectivity index (χ3n) is 5.90. The Morgan fingerprint density at radius 1 is 0.966 bits per heavy atom. The van der Waals surface area contributed by atoms with E-state index in [-0.39, 0.29) is 0 Å². The summed E-state index contributed by atoms with van der Waals surface area (Å²) >= 11 is 0. The van der Waals surface area contributed by atoms with Crippen molar-refractivity contribution in [2.24, 2.45) is 17.8 Å². The fourth-order valence-corrected chi connectivity index (χ4v) is 5.69. The molecule has 0 aromatic rings. The van der Waals surface area contributed by atoms with E-state index in [0.717, 1.165) is 6.20 Å². The second kappa shape index (κ2) is 8.74. The van der Waals surface area contributed by atoms with Crippen molar-refractivity contribution in [1.82, 2.24) is 5.32 Å². The van der Waals surface area contributed by atoms with E-state index in [1.54, 1.807) is 0 Å². The molecular weight excluding hydrogens is 422 g/mol. The Balaban J connectivity index is 2.16. The average molecular weight is 446 g/mol. The quantitative estimate of drug-likeness (QED) is 0.495. The number of sulfone groups is 1. The zero-order valence-corrected chi connectivity index (χ0v) is 16.7. The highest BCUT2D eigenvalue weighted by Gasteiger charge is 2.51. The van der Waals surface area contributed by atoms with Gasteiger partial charge in [0.1, 0.15) is 6.07 Å². The van der Waals surface area contributed by atoms with E-state index < -0.39 is 69.5 Å². The van der Waals surface area contributed by atoms with Gasteiger partial charge in [-0.1, -0.05) is 6.92 Å². The molecule has 2 saturated carbocycles. The van der Waals surface area contributed by atoms with E-state index in [4.69, 9.17) is 0 Å². The molecule has 2 aliphatic carbocycles. The van der Waals surface area contributed by atoms with Crippen LogP contribution in [0.15, 0.2) is 11.1 Å². The summed E-state index contributed by atoms with van der Waals surface area (Å²) in [5.41, 5.74) is 0. The van der Waals surface area contributed by atoms with Crippen LogP contribution in [-0.2, 0) is 9.84 Å². The molecule has 0 bridgehead atoms. The third-order valence-corrected chi connectivity index (χ3v) is 8.07. The van der Waals surface area contributed by atoms with Crippen LogP contribution in [0.3, 0.4) is 0 Å². The van der Waals surface area contributed by atoms with Gasteiger partial charge in [0, 0.05) is 12.2 Å². The number of nitrogens with zero attached hydrogens (tertiary/aromatic N) is 1. The maximum atomic E-state index is 13.0. The van der Waals surface area contributed by atoms with Gasteiger partial charge in [0.05, 0.1) is 17.1 Å². The normalized spacial score (nSPS) is 32.5. The maximum absolute atomic E-state index is 13.0. The fraction of sp³-hybridized carbons (Fsp3) is 0.833. The van der Waals surface area contributed by atoms with E-state index in [2.05, 4.69) is 5.32 Å². The Labute approximate surface area is 166 Å². The first kappa shape index (κ1) is 23.8. The number of alkyl halides is 6. The fourth-order valence-electron chi connectivity index (χ4n) is 4.08. The molecule has 0 aliphatic heterocycles. The van der Waals surface area contributed by atoms with Crippen molar-refractivity contribution in [3.05, 3.63) is 11.1 Å². The predicted molar refractivity (Wildman–Crippen MR) is 93.9 cm³/mol. The lowest BCUT2D eigenvalue weighted by atomic mass is 9.78. The number of hydrogen-bond donors (Lipinski definition) is 1. The number of nitrogens with one attached hydrogen (secondary N) is 1. The smallest absolute Gasteiger partial charge is 0.386 e. The van der Waals surface area contributed by atoms with Gasteiger partial charge in [-0.05, 0) is 50.9 Å². The molecule has 2 rings (SSSR count). The number of halogens is 6. The highest BCUT2D eigenvalue weighted by atomic mass is 32.2. The van der Waals surface area contributed by atoms with Gasteiger partial charge in [0.15, 0.2) is 14.7 Å². The largest absolute Gasteiger partial charge is 0.391 e. The SMILES string of the molecule is CC1CCC(S(=O)(=O)/C(C#N)=C/NC2CC(C(F)(F)F)CC(C(F)(F)F)C2)CC1. The third kappa shape index (κ3) is 6.03. The summed E-state index contributed by atoms with van der Waals surface area (Å²) in [6, 6.07) is 0.310. The first-order valence-electron chi connectivity index (χ1n) is 9.48. The molecule has 0 radical (unpaired) electrons. The van der Waals surface area contributed by atoms with Crippen LogP contribution in [0.2, 0.25) is 0 Å². The molecule has 29 heavy (non-hydrogen) atoms. The molecule has 1 N–H and O–H groups in total. The van der Waals surface area contributed by atoms with E-state index in [1.807, 2.05) is 6.92 Å². The molecule has 0 heterocycles. The zero-order valence-electron chi connectivity index (χ0n) is 15.9. The molecule has 11 heteroatoms. The van der Waals surface area contributed by atoms with Crippen LogP contribution in [0.5, 0.6) is 0 Å². The summed E-state index contributed by atoms with van der Waals surface area (Å²) in [5.74, 6) is -3.92. The molecule has 0 saturated heterocycles. The Morgan fingerprint density at radius 3 is 1.86 bits per heavy atom. The minimum absolute atomic E-state index is 0.370. The summed E-state index contributed by atoms with van der Waals surface area (Å²) in [7, 11) is -3.99. The first-order valence-corrected chi connectivity index (χ1v) is 11.0. The average Bonchev–Trinajstić information content (AvgIpc) is 2.60. The van der Waals surface area contributed by atoms with Crippen LogP contribution in [0, 0.1) is 29.1 Å². The number of rotatable bonds is 4. The molecule has 2 aliphatic rings. The van der Waals surface area contributed by atoms with Gasteiger partial charge in [-0.25, -0.2) is 8.42 Å². The van der Waals surface area contributed by atoms with E-state index in [0.29, 0.717) is 31.6 Å². The lowest BCUT2D eigenvalue weighted by Crippen LogP contribution is -2.44. The van der Waals surface area contributed by atoms with Crippen molar-refractivity contribution < 1.29 is 34.8 Å². The van der Waals surface area contributed by atoms with Crippen molar-refractivity contribution in [3.63, 3.8) is 0 Å². The van der Waals surface area contributed by atoms with Crippen LogP contribution < -0.4 is 5.32 Å². The topological polar surface area (TPSA) is 70.0 Å². The molecule has 4 nitrogen and oxygen atoms in total. The Kier molecular flexibility index (Phi) is 7.18. The standard InChI is InChI=1S/C18H24F6N2O2S/c1-11-2-4-15(5-3-11)29(27,28)16(9-25)10-26-14-7-12(17(19,20)21)6-13(8-14)18(22,23)24/h10-15,26H,2-8H2,1H3/b16-10+. The van der Waals surface area contributed by atoms with Crippen LogP contribution in [0.25, 0.3) is 0 Å². The van der Waals surface area contributed by atoms with Crippen molar-refractivity contribution in [1.29, 1.82) is 5.26 Å². The van der Waals surface area contributed by atoms with Crippen molar-refractivity contribution >= 4 is 9.84 Å². The van der Waals surface area contributed by atoms with E-state index in [1.165, 1.54) is 6.07 Å². The van der Waals surface area contributed by atoms with Gasteiger partial charge in [0.25, 0.3) is 0 Å². The van der Waals surface area contributed by atoms with Crippen LogP contribution >= 0.6 is 0 Å².